The van der Waals surface area contributed by atoms with E-state index in [4.69, 9.17) is 9.84 Å². The van der Waals surface area contributed by atoms with Crippen molar-refractivity contribution in [2.45, 2.75) is 38.2 Å². The summed E-state index contributed by atoms with van der Waals surface area (Å²) in [7, 11) is 0. The molecule has 0 aromatic carbocycles. The average molecular weight is 213 g/mol. The van der Waals surface area contributed by atoms with E-state index >= 15 is 0 Å². The second kappa shape index (κ2) is 5.83. The van der Waals surface area contributed by atoms with Crippen molar-refractivity contribution in [2.75, 3.05) is 32.8 Å². The van der Waals surface area contributed by atoms with Crippen molar-refractivity contribution in [3.8, 4) is 0 Å². The molecule has 2 heterocycles. The first-order valence-corrected chi connectivity index (χ1v) is 6.33. The van der Waals surface area contributed by atoms with Crippen LogP contribution in [0.1, 0.15) is 32.1 Å². The van der Waals surface area contributed by atoms with Gasteiger partial charge in [0.05, 0.1) is 6.10 Å². The molecule has 0 saturated carbocycles. The standard InChI is InChI=1S/C12H23NO2/c14-10-11-5-7-13(9-11)6-1-3-12-4-2-8-15-12/h11-12,14H,1-10H2. The summed E-state index contributed by atoms with van der Waals surface area (Å²) in [5.74, 6) is 0.535. The minimum absolute atomic E-state index is 0.363. The molecule has 0 radical (unpaired) electrons. The second-order valence-electron chi connectivity index (χ2n) is 4.92. The quantitative estimate of drug-likeness (QED) is 0.746. The molecule has 0 amide bonds. The van der Waals surface area contributed by atoms with Gasteiger partial charge in [-0.2, -0.15) is 0 Å². The van der Waals surface area contributed by atoms with Crippen LogP contribution in [0.15, 0.2) is 0 Å². The topological polar surface area (TPSA) is 32.7 Å². The van der Waals surface area contributed by atoms with Gasteiger partial charge < -0.3 is 14.7 Å². The van der Waals surface area contributed by atoms with E-state index in [9.17, 15) is 0 Å². The van der Waals surface area contributed by atoms with Gasteiger partial charge in [-0.15, -0.1) is 0 Å². The van der Waals surface area contributed by atoms with E-state index in [1.54, 1.807) is 0 Å². The fraction of sp³-hybridized carbons (Fsp3) is 1.00. The van der Waals surface area contributed by atoms with Crippen LogP contribution in [-0.2, 0) is 4.74 Å². The lowest BCUT2D eigenvalue weighted by Gasteiger charge is -2.16. The highest BCUT2D eigenvalue weighted by molar-refractivity contribution is 4.75. The van der Waals surface area contributed by atoms with Gasteiger partial charge in [0.2, 0.25) is 0 Å². The maximum atomic E-state index is 9.04. The van der Waals surface area contributed by atoms with Crippen LogP contribution in [0, 0.1) is 5.92 Å². The molecule has 3 nitrogen and oxygen atoms in total. The normalized spacial score (nSPS) is 32.6. The van der Waals surface area contributed by atoms with E-state index in [1.165, 1.54) is 45.2 Å². The summed E-state index contributed by atoms with van der Waals surface area (Å²) in [4.78, 5) is 2.48. The molecule has 2 atom stereocenters. The van der Waals surface area contributed by atoms with Crippen LogP contribution in [0.25, 0.3) is 0 Å². The first-order valence-electron chi connectivity index (χ1n) is 6.33. The third-order valence-electron chi connectivity index (χ3n) is 3.65. The zero-order valence-corrected chi connectivity index (χ0v) is 9.53. The molecule has 0 aromatic heterocycles. The zero-order chi connectivity index (χ0) is 10.5. The molecule has 1 N–H and O–H groups in total. The molecule has 88 valence electrons. The number of aliphatic hydroxyl groups excluding tert-OH is 1. The molecular weight excluding hydrogens is 190 g/mol. The Morgan fingerprint density at radius 1 is 1.33 bits per heavy atom. The van der Waals surface area contributed by atoms with Crippen LogP contribution in [0.2, 0.25) is 0 Å². The van der Waals surface area contributed by atoms with Crippen molar-refractivity contribution in [1.29, 1.82) is 0 Å². The Morgan fingerprint density at radius 3 is 2.93 bits per heavy atom. The number of nitrogens with zero attached hydrogens (tertiary/aromatic N) is 1. The van der Waals surface area contributed by atoms with Crippen LogP contribution >= 0.6 is 0 Å². The Hall–Kier alpha value is -0.120. The van der Waals surface area contributed by atoms with Crippen LogP contribution in [0.5, 0.6) is 0 Å². The summed E-state index contributed by atoms with van der Waals surface area (Å²) in [6.07, 6.45) is 6.71. The van der Waals surface area contributed by atoms with Gasteiger partial charge in [0.15, 0.2) is 0 Å². The zero-order valence-electron chi connectivity index (χ0n) is 9.53. The third kappa shape index (κ3) is 3.44. The van der Waals surface area contributed by atoms with Gasteiger partial charge in [-0.1, -0.05) is 0 Å². The van der Waals surface area contributed by atoms with Crippen molar-refractivity contribution in [3.05, 3.63) is 0 Å². The van der Waals surface area contributed by atoms with Gasteiger partial charge in [0.1, 0.15) is 0 Å². The fourth-order valence-electron chi connectivity index (χ4n) is 2.68. The fourth-order valence-corrected chi connectivity index (χ4v) is 2.68. The van der Waals surface area contributed by atoms with Gasteiger partial charge in [0, 0.05) is 19.8 Å². The first kappa shape index (κ1) is 11.4. The molecule has 0 aliphatic carbocycles. The maximum Gasteiger partial charge on any atom is 0.0576 e. The molecule has 0 bridgehead atoms. The Bertz CT molecular complexity index is 180. The predicted octanol–water partition coefficient (Wildman–Crippen LogP) is 1.26. The summed E-state index contributed by atoms with van der Waals surface area (Å²) in [6.45, 7) is 4.80. The molecule has 0 aromatic rings. The van der Waals surface area contributed by atoms with Crippen LogP contribution < -0.4 is 0 Å². The van der Waals surface area contributed by atoms with E-state index < -0.39 is 0 Å². The Labute approximate surface area is 92.4 Å². The van der Waals surface area contributed by atoms with Gasteiger partial charge in [-0.3, -0.25) is 0 Å². The number of likely N-dealkylation sites (tertiary alicyclic amines) is 1. The highest BCUT2D eigenvalue weighted by Crippen LogP contribution is 2.19. The van der Waals surface area contributed by atoms with Gasteiger partial charge >= 0.3 is 0 Å². The lowest BCUT2D eigenvalue weighted by Crippen LogP contribution is -2.23. The average Bonchev–Trinajstić information content (AvgIpc) is 2.88. The molecule has 2 unspecified atom stereocenters. The largest absolute Gasteiger partial charge is 0.396 e. The molecule has 2 saturated heterocycles. The molecule has 2 aliphatic rings. The number of hydrogen-bond donors (Lipinski definition) is 1. The third-order valence-corrected chi connectivity index (χ3v) is 3.65. The molecule has 2 rings (SSSR count). The van der Waals surface area contributed by atoms with Crippen LogP contribution in [0.3, 0.4) is 0 Å². The van der Waals surface area contributed by atoms with Gasteiger partial charge in [-0.25, -0.2) is 0 Å². The summed E-state index contributed by atoms with van der Waals surface area (Å²) in [5.41, 5.74) is 0. The van der Waals surface area contributed by atoms with E-state index in [-0.39, 0.29) is 0 Å². The lowest BCUT2D eigenvalue weighted by atomic mass is 10.1. The maximum absolute atomic E-state index is 9.04. The number of hydrogen-bond acceptors (Lipinski definition) is 3. The minimum Gasteiger partial charge on any atom is -0.396 e. The number of rotatable bonds is 5. The number of ether oxygens (including phenoxy) is 1. The van der Waals surface area contributed by atoms with Crippen molar-refractivity contribution < 1.29 is 9.84 Å². The SMILES string of the molecule is OCC1CCN(CCCC2CCCO2)C1. The van der Waals surface area contributed by atoms with Gasteiger partial charge in [-0.05, 0) is 51.1 Å². The summed E-state index contributed by atoms with van der Waals surface area (Å²) in [6, 6.07) is 0. The van der Waals surface area contributed by atoms with Crippen molar-refractivity contribution in [3.63, 3.8) is 0 Å². The molecule has 0 spiro atoms. The molecule has 15 heavy (non-hydrogen) atoms. The lowest BCUT2D eigenvalue weighted by molar-refractivity contribution is 0.0993. The van der Waals surface area contributed by atoms with Crippen molar-refractivity contribution in [2.24, 2.45) is 5.92 Å². The Kier molecular flexibility index (Phi) is 4.42. The summed E-state index contributed by atoms with van der Waals surface area (Å²) < 4.78 is 5.60. The van der Waals surface area contributed by atoms with Crippen molar-refractivity contribution in [1.82, 2.24) is 4.90 Å². The summed E-state index contributed by atoms with van der Waals surface area (Å²) >= 11 is 0. The smallest absolute Gasteiger partial charge is 0.0576 e. The van der Waals surface area contributed by atoms with Gasteiger partial charge in [0.25, 0.3) is 0 Å². The van der Waals surface area contributed by atoms with E-state index in [2.05, 4.69) is 4.90 Å². The van der Waals surface area contributed by atoms with Crippen LogP contribution in [0.4, 0.5) is 0 Å². The Morgan fingerprint density at radius 2 is 2.27 bits per heavy atom. The van der Waals surface area contributed by atoms with E-state index in [0.717, 1.165) is 13.2 Å². The second-order valence-corrected chi connectivity index (χ2v) is 4.92. The van der Waals surface area contributed by atoms with Crippen LogP contribution in [-0.4, -0.2) is 49.0 Å². The van der Waals surface area contributed by atoms with Crippen molar-refractivity contribution >= 4 is 0 Å². The molecule has 3 heteroatoms. The number of aliphatic hydroxyl groups is 1. The van der Waals surface area contributed by atoms with E-state index in [0.29, 0.717) is 18.6 Å². The monoisotopic (exact) mass is 213 g/mol. The molecule has 2 aliphatic heterocycles. The predicted molar refractivity (Wildman–Crippen MR) is 59.8 cm³/mol. The highest BCUT2D eigenvalue weighted by Gasteiger charge is 2.21. The highest BCUT2D eigenvalue weighted by atomic mass is 16.5. The summed E-state index contributed by atoms with van der Waals surface area (Å²) in [5, 5.41) is 9.04. The Balaban J connectivity index is 1.54. The van der Waals surface area contributed by atoms with E-state index in [1.807, 2.05) is 0 Å². The molecular formula is C12H23NO2. The molecule has 2 fully saturated rings. The first-order chi connectivity index (χ1) is 7.38. The minimum atomic E-state index is 0.363.